The van der Waals surface area contributed by atoms with E-state index in [4.69, 9.17) is 4.74 Å². The van der Waals surface area contributed by atoms with Crippen LogP contribution in [-0.4, -0.2) is 30.5 Å². The molecule has 0 unspecified atom stereocenters. The van der Waals surface area contributed by atoms with Crippen LogP contribution in [0.2, 0.25) is 0 Å². The Hall–Kier alpha value is -2.89. The molecule has 6 heteroatoms. The molecule has 0 aliphatic carbocycles. The number of aromatic nitrogens is 1. The lowest BCUT2D eigenvalue weighted by Crippen LogP contribution is -2.27. The lowest BCUT2D eigenvalue weighted by atomic mass is 10.1. The number of hydrogen-bond donors (Lipinski definition) is 2. The molecule has 0 aliphatic heterocycles. The highest BCUT2D eigenvalue weighted by atomic mass is 16.5. The smallest absolute Gasteiger partial charge is 0.253 e. The molecule has 0 spiro atoms. The predicted octanol–water partition coefficient (Wildman–Crippen LogP) is 2.80. The van der Waals surface area contributed by atoms with Crippen molar-refractivity contribution in [2.45, 2.75) is 26.8 Å². The SMILES string of the molecule is COc1ccc(CNC(=O)c2cncc(C(=O)NCCC(C)C)c2)cc1. The maximum atomic E-state index is 12.3. The molecule has 6 nitrogen and oxygen atoms in total. The monoisotopic (exact) mass is 355 g/mol. The van der Waals surface area contributed by atoms with Gasteiger partial charge in [0.15, 0.2) is 0 Å². The molecule has 138 valence electrons. The number of pyridine rings is 1. The van der Waals surface area contributed by atoms with E-state index in [0.717, 1.165) is 17.7 Å². The highest BCUT2D eigenvalue weighted by Gasteiger charge is 2.11. The van der Waals surface area contributed by atoms with Gasteiger partial charge in [-0.15, -0.1) is 0 Å². The van der Waals surface area contributed by atoms with Gasteiger partial charge in [0.05, 0.1) is 18.2 Å². The second-order valence-electron chi connectivity index (χ2n) is 6.43. The van der Waals surface area contributed by atoms with Crippen LogP contribution in [0.5, 0.6) is 5.75 Å². The lowest BCUT2D eigenvalue weighted by molar-refractivity contribution is 0.0950. The Labute approximate surface area is 154 Å². The van der Waals surface area contributed by atoms with E-state index in [9.17, 15) is 9.59 Å². The largest absolute Gasteiger partial charge is 0.497 e. The van der Waals surface area contributed by atoms with E-state index in [2.05, 4.69) is 29.5 Å². The van der Waals surface area contributed by atoms with Gasteiger partial charge in [-0.05, 0) is 36.1 Å². The van der Waals surface area contributed by atoms with Gasteiger partial charge in [0, 0.05) is 25.5 Å². The van der Waals surface area contributed by atoms with Crippen molar-refractivity contribution < 1.29 is 14.3 Å². The number of amides is 2. The Bertz CT molecular complexity index is 742. The third-order valence-corrected chi connectivity index (χ3v) is 3.88. The minimum Gasteiger partial charge on any atom is -0.497 e. The van der Waals surface area contributed by atoms with Crippen molar-refractivity contribution >= 4 is 11.8 Å². The molecule has 0 bridgehead atoms. The van der Waals surface area contributed by atoms with Gasteiger partial charge in [-0.3, -0.25) is 14.6 Å². The molecule has 2 N–H and O–H groups in total. The number of nitrogens with zero attached hydrogens (tertiary/aromatic N) is 1. The van der Waals surface area contributed by atoms with Gasteiger partial charge in [0.25, 0.3) is 11.8 Å². The van der Waals surface area contributed by atoms with Crippen molar-refractivity contribution in [3.63, 3.8) is 0 Å². The zero-order valence-electron chi connectivity index (χ0n) is 15.4. The van der Waals surface area contributed by atoms with E-state index in [-0.39, 0.29) is 11.8 Å². The summed E-state index contributed by atoms with van der Waals surface area (Å²) in [6.45, 7) is 5.18. The fourth-order valence-corrected chi connectivity index (χ4v) is 2.29. The van der Waals surface area contributed by atoms with Gasteiger partial charge in [-0.2, -0.15) is 0 Å². The molecule has 1 aromatic heterocycles. The summed E-state index contributed by atoms with van der Waals surface area (Å²) in [5, 5.41) is 5.67. The Morgan fingerprint density at radius 3 is 2.23 bits per heavy atom. The highest BCUT2D eigenvalue weighted by molar-refractivity contribution is 5.99. The molecular formula is C20H25N3O3. The molecule has 26 heavy (non-hydrogen) atoms. The Morgan fingerprint density at radius 2 is 1.65 bits per heavy atom. The number of carbonyl (C=O) groups excluding carboxylic acids is 2. The lowest BCUT2D eigenvalue weighted by Gasteiger charge is -2.09. The van der Waals surface area contributed by atoms with Crippen LogP contribution in [0.4, 0.5) is 0 Å². The summed E-state index contributed by atoms with van der Waals surface area (Å²) in [6, 6.07) is 9.00. The molecule has 0 fully saturated rings. The first-order chi connectivity index (χ1) is 12.5. The average molecular weight is 355 g/mol. The maximum Gasteiger partial charge on any atom is 0.253 e. The van der Waals surface area contributed by atoms with Gasteiger partial charge in [0.1, 0.15) is 5.75 Å². The van der Waals surface area contributed by atoms with Crippen LogP contribution >= 0.6 is 0 Å². The molecule has 0 atom stereocenters. The Kier molecular flexibility index (Phi) is 7.14. The van der Waals surface area contributed by atoms with Gasteiger partial charge >= 0.3 is 0 Å². The van der Waals surface area contributed by atoms with Crippen LogP contribution in [0, 0.1) is 5.92 Å². The maximum absolute atomic E-state index is 12.3. The summed E-state index contributed by atoms with van der Waals surface area (Å²) in [5.74, 6) is 0.789. The molecule has 2 aromatic rings. The fraction of sp³-hybridized carbons (Fsp3) is 0.350. The second-order valence-corrected chi connectivity index (χ2v) is 6.43. The number of carbonyl (C=O) groups is 2. The topological polar surface area (TPSA) is 80.3 Å². The normalized spacial score (nSPS) is 10.5. The van der Waals surface area contributed by atoms with E-state index in [1.54, 1.807) is 13.2 Å². The number of nitrogens with one attached hydrogen (secondary N) is 2. The van der Waals surface area contributed by atoms with Crippen molar-refractivity contribution in [2.24, 2.45) is 5.92 Å². The Balaban J connectivity index is 1.93. The first kappa shape index (κ1) is 19.4. The van der Waals surface area contributed by atoms with E-state index < -0.39 is 0 Å². The molecule has 0 aliphatic rings. The molecule has 0 saturated heterocycles. The Morgan fingerprint density at radius 1 is 1.04 bits per heavy atom. The van der Waals surface area contributed by atoms with E-state index in [1.807, 2.05) is 24.3 Å². The molecule has 0 saturated carbocycles. The average Bonchev–Trinajstić information content (AvgIpc) is 2.66. The predicted molar refractivity (Wildman–Crippen MR) is 100 cm³/mol. The summed E-state index contributed by atoms with van der Waals surface area (Å²) >= 11 is 0. The minimum atomic E-state index is -0.273. The van der Waals surface area contributed by atoms with Crippen LogP contribution in [0.3, 0.4) is 0 Å². The summed E-state index contributed by atoms with van der Waals surface area (Å²) in [6.07, 6.45) is 3.82. The number of hydrogen-bond acceptors (Lipinski definition) is 4. The standard InChI is InChI=1S/C20H25N3O3/c1-14(2)8-9-22-19(24)16-10-17(13-21-12-16)20(25)23-11-15-4-6-18(26-3)7-5-15/h4-7,10,12-14H,8-9,11H2,1-3H3,(H,22,24)(H,23,25). The second kappa shape index (κ2) is 9.56. The third kappa shape index (κ3) is 5.88. The van der Waals surface area contributed by atoms with Crippen molar-refractivity contribution in [1.82, 2.24) is 15.6 Å². The molecule has 2 rings (SSSR count). The van der Waals surface area contributed by atoms with Gasteiger partial charge in [-0.1, -0.05) is 26.0 Å². The molecule has 0 radical (unpaired) electrons. The highest BCUT2D eigenvalue weighted by Crippen LogP contribution is 2.11. The summed E-state index contributed by atoms with van der Waals surface area (Å²) in [5.41, 5.74) is 1.69. The quantitative estimate of drug-likeness (QED) is 0.763. The van der Waals surface area contributed by atoms with E-state index >= 15 is 0 Å². The zero-order valence-corrected chi connectivity index (χ0v) is 15.4. The van der Waals surface area contributed by atoms with Crippen molar-refractivity contribution in [2.75, 3.05) is 13.7 Å². The fourth-order valence-electron chi connectivity index (χ4n) is 2.29. The molecular weight excluding hydrogens is 330 g/mol. The van der Waals surface area contributed by atoms with Gasteiger partial charge in [0.2, 0.25) is 0 Å². The molecule has 1 aromatic carbocycles. The number of rotatable bonds is 8. The molecule has 1 heterocycles. The minimum absolute atomic E-state index is 0.219. The zero-order chi connectivity index (χ0) is 18.9. The number of ether oxygens (including phenoxy) is 1. The summed E-state index contributed by atoms with van der Waals surface area (Å²) < 4.78 is 5.11. The van der Waals surface area contributed by atoms with Crippen LogP contribution < -0.4 is 15.4 Å². The van der Waals surface area contributed by atoms with Crippen molar-refractivity contribution in [3.05, 3.63) is 59.4 Å². The van der Waals surface area contributed by atoms with Crippen LogP contribution in [0.15, 0.2) is 42.7 Å². The first-order valence-electron chi connectivity index (χ1n) is 8.64. The van der Waals surface area contributed by atoms with Gasteiger partial charge in [-0.25, -0.2) is 0 Å². The van der Waals surface area contributed by atoms with E-state index in [0.29, 0.717) is 30.1 Å². The van der Waals surface area contributed by atoms with Crippen LogP contribution in [0.25, 0.3) is 0 Å². The first-order valence-corrected chi connectivity index (χ1v) is 8.64. The van der Waals surface area contributed by atoms with Gasteiger partial charge < -0.3 is 15.4 Å². The van der Waals surface area contributed by atoms with Crippen molar-refractivity contribution in [1.29, 1.82) is 0 Å². The summed E-state index contributed by atoms with van der Waals surface area (Å²) in [7, 11) is 1.61. The number of benzene rings is 1. The number of methoxy groups -OCH3 is 1. The molecule has 2 amide bonds. The summed E-state index contributed by atoms with van der Waals surface area (Å²) in [4.78, 5) is 28.5. The third-order valence-electron chi connectivity index (χ3n) is 3.88. The van der Waals surface area contributed by atoms with E-state index in [1.165, 1.54) is 12.4 Å². The van der Waals surface area contributed by atoms with Crippen molar-refractivity contribution in [3.8, 4) is 5.75 Å². The van der Waals surface area contributed by atoms with Crippen LogP contribution in [-0.2, 0) is 6.54 Å². The van der Waals surface area contributed by atoms with Crippen LogP contribution in [0.1, 0.15) is 46.5 Å².